The van der Waals surface area contributed by atoms with Gasteiger partial charge in [-0.3, -0.25) is 10.1 Å². The summed E-state index contributed by atoms with van der Waals surface area (Å²) >= 11 is 5.70. The summed E-state index contributed by atoms with van der Waals surface area (Å²) in [5, 5.41) is 10.8. The van der Waals surface area contributed by atoms with Gasteiger partial charge in [-0.2, -0.15) is 4.31 Å². The molecule has 0 saturated carbocycles. The fraction of sp³-hybridized carbons (Fsp3) is 0.500. The van der Waals surface area contributed by atoms with Crippen LogP contribution in [0.4, 0.5) is 5.69 Å². The van der Waals surface area contributed by atoms with Gasteiger partial charge >= 0.3 is 0 Å². The second kappa shape index (κ2) is 5.67. The second-order valence-electron chi connectivity index (χ2n) is 4.98. The molecule has 1 atom stereocenters. The fourth-order valence-corrected chi connectivity index (χ4v) is 4.11. The van der Waals surface area contributed by atoms with Gasteiger partial charge in [-0.25, -0.2) is 8.42 Å². The molecule has 1 aromatic rings. The SMILES string of the molecule is C[C@@H]1CCCN(S(=O)(=O)c2ccc(Cl)c([N+](=O)[O-])c2)C1. The molecule has 1 aliphatic rings. The number of benzene rings is 1. The third-order valence-corrected chi connectivity index (χ3v) is 5.55. The predicted octanol–water partition coefficient (Wildman–Crippen LogP) is 2.67. The van der Waals surface area contributed by atoms with E-state index in [1.807, 2.05) is 6.92 Å². The highest BCUT2D eigenvalue weighted by molar-refractivity contribution is 7.89. The van der Waals surface area contributed by atoms with Crippen molar-refractivity contribution in [3.63, 3.8) is 0 Å². The first-order chi connectivity index (χ1) is 9.32. The quantitative estimate of drug-likeness (QED) is 0.634. The molecule has 1 saturated heterocycles. The van der Waals surface area contributed by atoms with E-state index in [2.05, 4.69) is 0 Å². The molecule has 0 aliphatic carbocycles. The van der Waals surface area contributed by atoms with Crippen molar-refractivity contribution in [3.8, 4) is 0 Å². The smallest absolute Gasteiger partial charge is 0.258 e. The first kappa shape index (κ1) is 15.2. The number of nitro groups is 1. The minimum Gasteiger partial charge on any atom is -0.258 e. The molecule has 0 amide bonds. The van der Waals surface area contributed by atoms with Crippen molar-refractivity contribution < 1.29 is 13.3 Å². The van der Waals surface area contributed by atoms with Crippen LogP contribution >= 0.6 is 11.6 Å². The lowest BCUT2D eigenvalue weighted by Gasteiger charge is -2.29. The van der Waals surface area contributed by atoms with E-state index in [1.165, 1.54) is 16.4 Å². The van der Waals surface area contributed by atoms with Crippen molar-refractivity contribution in [3.05, 3.63) is 33.3 Å². The molecule has 20 heavy (non-hydrogen) atoms. The molecule has 6 nitrogen and oxygen atoms in total. The summed E-state index contributed by atoms with van der Waals surface area (Å²) in [5.41, 5.74) is -0.391. The Morgan fingerprint density at radius 1 is 1.45 bits per heavy atom. The van der Waals surface area contributed by atoms with Crippen molar-refractivity contribution in [2.45, 2.75) is 24.7 Å². The topological polar surface area (TPSA) is 80.5 Å². The van der Waals surface area contributed by atoms with Crippen molar-refractivity contribution in [2.75, 3.05) is 13.1 Å². The van der Waals surface area contributed by atoms with Gasteiger partial charge < -0.3 is 0 Å². The molecule has 110 valence electrons. The van der Waals surface area contributed by atoms with Crippen molar-refractivity contribution in [1.29, 1.82) is 0 Å². The molecule has 0 bridgehead atoms. The number of hydrogen-bond acceptors (Lipinski definition) is 4. The van der Waals surface area contributed by atoms with E-state index in [0.29, 0.717) is 19.0 Å². The summed E-state index contributed by atoms with van der Waals surface area (Å²) in [6, 6.07) is 3.58. The molecule has 0 radical (unpaired) electrons. The summed E-state index contributed by atoms with van der Waals surface area (Å²) in [4.78, 5) is 10.1. The summed E-state index contributed by atoms with van der Waals surface area (Å²) in [7, 11) is -3.70. The average molecular weight is 319 g/mol. The van der Waals surface area contributed by atoms with Gasteiger partial charge in [0, 0.05) is 19.2 Å². The molecule has 0 N–H and O–H groups in total. The highest BCUT2D eigenvalue weighted by Gasteiger charge is 2.30. The Hall–Kier alpha value is -1.18. The lowest BCUT2D eigenvalue weighted by Crippen LogP contribution is -2.39. The fourth-order valence-electron chi connectivity index (χ4n) is 2.31. The molecule has 8 heteroatoms. The van der Waals surface area contributed by atoms with Gasteiger partial charge in [0.25, 0.3) is 5.69 Å². The van der Waals surface area contributed by atoms with E-state index in [4.69, 9.17) is 11.6 Å². The molecule has 1 heterocycles. The Morgan fingerprint density at radius 2 is 2.15 bits per heavy atom. The van der Waals surface area contributed by atoms with Crippen molar-refractivity contribution >= 4 is 27.3 Å². The summed E-state index contributed by atoms with van der Waals surface area (Å²) < 4.78 is 26.3. The Kier molecular flexibility index (Phi) is 4.31. The van der Waals surface area contributed by atoms with E-state index < -0.39 is 20.6 Å². The number of sulfonamides is 1. The number of piperidine rings is 1. The lowest BCUT2D eigenvalue weighted by molar-refractivity contribution is -0.384. The van der Waals surface area contributed by atoms with Gasteiger partial charge in [-0.1, -0.05) is 18.5 Å². The summed E-state index contributed by atoms with van der Waals surface area (Å²) in [5.74, 6) is 0.292. The van der Waals surface area contributed by atoms with E-state index in [0.717, 1.165) is 18.9 Å². The van der Waals surface area contributed by atoms with Gasteiger partial charge in [0.05, 0.1) is 9.82 Å². The number of hydrogen-bond donors (Lipinski definition) is 0. The van der Waals surface area contributed by atoms with Crippen molar-refractivity contribution in [1.82, 2.24) is 4.31 Å². The lowest BCUT2D eigenvalue weighted by atomic mass is 10.0. The van der Waals surface area contributed by atoms with E-state index in [1.54, 1.807) is 0 Å². The van der Waals surface area contributed by atoms with Crippen molar-refractivity contribution in [2.24, 2.45) is 5.92 Å². The van der Waals surface area contributed by atoms with Crippen LogP contribution in [0.3, 0.4) is 0 Å². The number of halogens is 1. The highest BCUT2D eigenvalue weighted by Crippen LogP contribution is 2.30. The highest BCUT2D eigenvalue weighted by atomic mass is 35.5. The number of nitrogens with zero attached hydrogens (tertiary/aromatic N) is 2. The normalized spacial score (nSPS) is 20.8. The Balaban J connectivity index is 2.39. The van der Waals surface area contributed by atoms with E-state index in [9.17, 15) is 18.5 Å². The maximum Gasteiger partial charge on any atom is 0.289 e. The predicted molar refractivity (Wildman–Crippen MR) is 75.3 cm³/mol. The maximum atomic E-state index is 12.5. The molecule has 2 rings (SSSR count). The van der Waals surface area contributed by atoms with Gasteiger partial charge in [0.1, 0.15) is 5.02 Å². The van der Waals surface area contributed by atoms with Gasteiger partial charge in [0.2, 0.25) is 10.0 Å². The second-order valence-corrected chi connectivity index (χ2v) is 7.33. The van der Waals surface area contributed by atoms with Crippen LogP contribution in [0.2, 0.25) is 5.02 Å². The zero-order valence-corrected chi connectivity index (χ0v) is 12.5. The van der Waals surface area contributed by atoms with Crippen LogP contribution in [0.5, 0.6) is 0 Å². The van der Waals surface area contributed by atoms with Gasteiger partial charge in [0.15, 0.2) is 0 Å². The van der Waals surface area contributed by atoms with Crippen LogP contribution in [0.15, 0.2) is 23.1 Å². The first-order valence-corrected chi connectivity index (χ1v) is 8.08. The third kappa shape index (κ3) is 2.94. The molecule has 0 unspecified atom stereocenters. The Morgan fingerprint density at radius 3 is 2.75 bits per heavy atom. The average Bonchev–Trinajstić information content (AvgIpc) is 2.38. The standard InChI is InChI=1S/C12H15ClN2O4S/c1-9-3-2-6-14(8-9)20(18,19)10-4-5-11(13)12(7-10)15(16)17/h4-5,7,9H,2-3,6,8H2,1H3/t9-/m1/s1. The number of nitro benzene ring substituents is 1. The van der Waals surface area contributed by atoms with Crippen LogP contribution in [0, 0.1) is 16.0 Å². The largest absolute Gasteiger partial charge is 0.289 e. The first-order valence-electron chi connectivity index (χ1n) is 6.26. The van der Waals surface area contributed by atoms with Crippen LogP contribution in [-0.2, 0) is 10.0 Å². The Bertz CT molecular complexity index is 632. The maximum absolute atomic E-state index is 12.5. The van der Waals surface area contributed by atoms with E-state index in [-0.39, 0.29) is 9.92 Å². The number of rotatable bonds is 3. The molecular formula is C12H15ClN2O4S. The van der Waals surface area contributed by atoms with Crippen LogP contribution in [0.25, 0.3) is 0 Å². The molecule has 1 aliphatic heterocycles. The zero-order valence-electron chi connectivity index (χ0n) is 11.0. The summed E-state index contributed by atoms with van der Waals surface area (Å²) in [6.45, 7) is 2.88. The van der Waals surface area contributed by atoms with Crippen LogP contribution < -0.4 is 0 Å². The molecule has 1 fully saturated rings. The van der Waals surface area contributed by atoms with Crippen LogP contribution in [-0.4, -0.2) is 30.7 Å². The molecule has 0 aromatic heterocycles. The van der Waals surface area contributed by atoms with Crippen LogP contribution in [0.1, 0.15) is 19.8 Å². The minimum absolute atomic E-state index is 0.0686. The molecule has 0 spiro atoms. The molecular weight excluding hydrogens is 304 g/mol. The monoisotopic (exact) mass is 318 g/mol. The Labute approximate surface area is 122 Å². The molecule has 1 aromatic carbocycles. The third-order valence-electron chi connectivity index (χ3n) is 3.37. The van der Waals surface area contributed by atoms with E-state index >= 15 is 0 Å². The summed E-state index contributed by atoms with van der Waals surface area (Å²) in [6.07, 6.45) is 1.79. The van der Waals surface area contributed by atoms with Gasteiger partial charge in [-0.15, -0.1) is 0 Å². The zero-order chi connectivity index (χ0) is 14.9. The minimum atomic E-state index is -3.70. The van der Waals surface area contributed by atoms with Gasteiger partial charge in [-0.05, 0) is 30.9 Å².